The van der Waals surface area contributed by atoms with E-state index in [0.717, 1.165) is 43.2 Å². The van der Waals surface area contributed by atoms with Gasteiger partial charge in [-0.3, -0.25) is 9.59 Å². The number of amides is 3. The van der Waals surface area contributed by atoms with Gasteiger partial charge in [0.25, 0.3) is 0 Å². The van der Waals surface area contributed by atoms with E-state index in [2.05, 4.69) is 16.0 Å². The van der Waals surface area contributed by atoms with Gasteiger partial charge in [-0.05, 0) is 62.3 Å². The highest BCUT2D eigenvalue weighted by Crippen LogP contribution is 2.30. The smallest absolute Gasteiger partial charge is 0.408 e. The first-order chi connectivity index (χ1) is 20.5. The fourth-order valence-corrected chi connectivity index (χ4v) is 6.44. The van der Waals surface area contributed by atoms with Crippen molar-refractivity contribution in [3.8, 4) is 0 Å². The third-order valence-corrected chi connectivity index (χ3v) is 8.59. The Bertz CT molecular complexity index is 1280. The van der Waals surface area contributed by atoms with Gasteiger partial charge in [0, 0.05) is 22.9 Å². The quantitative estimate of drug-likeness (QED) is 0.248. The predicted molar refractivity (Wildman–Crippen MR) is 163 cm³/mol. The fraction of sp³-hybridized carbons (Fsp3) is 0.515. The number of ether oxygens (including phenoxy) is 1. The van der Waals surface area contributed by atoms with Crippen molar-refractivity contribution in [3.63, 3.8) is 0 Å². The van der Waals surface area contributed by atoms with Crippen LogP contribution in [0.1, 0.15) is 82.4 Å². The molecule has 2 aromatic rings. The highest BCUT2D eigenvalue weighted by Gasteiger charge is 2.40. The number of carboxylic acids is 1. The van der Waals surface area contributed by atoms with E-state index >= 15 is 0 Å². The Labute approximate surface area is 258 Å². The first-order valence-electron chi connectivity index (χ1n) is 15.1. The van der Waals surface area contributed by atoms with E-state index in [1.165, 1.54) is 0 Å². The Kier molecular flexibility index (Phi) is 11.1. The van der Waals surface area contributed by atoms with Crippen LogP contribution in [-0.2, 0) is 25.5 Å². The zero-order valence-electron chi connectivity index (χ0n) is 24.8. The van der Waals surface area contributed by atoms with Gasteiger partial charge in [0.05, 0.1) is 0 Å². The summed E-state index contributed by atoms with van der Waals surface area (Å²) in [6, 6.07) is 14.4. The lowest BCUT2D eigenvalue weighted by Crippen LogP contribution is -2.53. The van der Waals surface area contributed by atoms with Crippen molar-refractivity contribution >= 4 is 35.5 Å². The Balaban J connectivity index is 1.48. The molecule has 232 valence electrons. The van der Waals surface area contributed by atoms with Crippen LogP contribution in [0.25, 0.3) is 0 Å². The number of carbonyl (C=O) groups is 4. The molecule has 2 aliphatic rings. The van der Waals surface area contributed by atoms with Crippen LogP contribution in [0.15, 0.2) is 54.6 Å². The molecule has 3 amide bonds. The highest BCUT2D eigenvalue weighted by molar-refractivity contribution is 6.30. The van der Waals surface area contributed by atoms with Gasteiger partial charge in [-0.1, -0.05) is 86.2 Å². The van der Waals surface area contributed by atoms with Gasteiger partial charge in [-0.2, -0.15) is 0 Å². The van der Waals surface area contributed by atoms with Crippen molar-refractivity contribution in [2.75, 3.05) is 0 Å². The van der Waals surface area contributed by atoms with Crippen molar-refractivity contribution in [1.82, 2.24) is 16.0 Å². The lowest BCUT2D eigenvalue weighted by molar-refractivity contribution is -0.143. The average molecular weight is 612 g/mol. The topological polar surface area (TPSA) is 134 Å². The Morgan fingerprint density at radius 3 is 2.35 bits per heavy atom. The summed E-state index contributed by atoms with van der Waals surface area (Å²) >= 11 is 6.19. The Morgan fingerprint density at radius 1 is 1.00 bits per heavy atom. The molecule has 43 heavy (non-hydrogen) atoms. The molecule has 1 heterocycles. The van der Waals surface area contributed by atoms with E-state index in [9.17, 15) is 24.3 Å². The van der Waals surface area contributed by atoms with Gasteiger partial charge in [0.15, 0.2) is 0 Å². The number of benzene rings is 2. The summed E-state index contributed by atoms with van der Waals surface area (Å²) in [5.41, 5.74) is 1.23. The van der Waals surface area contributed by atoms with E-state index in [0.29, 0.717) is 24.3 Å². The van der Waals surface area contributed by atoms with Gasteiger partial charge in [-0.15, -0.1) is 0 Å². The van der Waals surface area contributed by atoms with Crippen molar-refractivity contribution < 1.29 is 29.0 Å². The zero-order valence-corrected chi connectivity index (χ0v) is 25.6. The summed E-state index contributed by atoms with van der Waals surface area (Å²) in [6.07, 6.45) is 4.85. The Morgan fingerprint density at radius 2 is 1.72 bits per heavy atom. The number of aliphatic carboxylic acids is 1. The molecule has 1 saturated heterocycles. The summed E-state index contributed by atoms with van der Waals surface area (Å²) < 4.78 is 5.90. The van der Waals surface area contributed by atoms with Gasteiger partial charge in [-0.25, -0.2) is 9.59 Å². The van der Waals surface area contributed by atoms with Crippen LogP contribution in [0, 0.1) is 11.8 Å². The maximum absolute atomic E-state index is 13.6. The van der Waals surface area contributed by atoms with Gasteiger partial charge < -0.3 is 25.8 Å². The summed E-state index contributed by atoms with van der Waals surface area (Å²) in [5.74, 6) is -2.37. The number of rotatable bonds is 12. The fourth-order valence-electron chi connectivity index (χ4n) is 6.23. The van der Waals surface area contributed by atoms with Gasteiger partial charge in [0.1, 0.15) is 18.2 Å². The second-order valence-electron chi connectivity index (χ2n) is 12.5. The molecule has 2 aromatic carbocycles. The molecular formula is C33H42ClN3O6. The molecule has 0 spiro atoms. The second-order valence-corrected chi connectivity index (χ2v) is 12.9. The molecule has 4 atom stereocenters. The molecule has 1 saturated carbocycles. The Hall–Kier alpha value is -3.59. The molecular weight excluding hydrogens is 570 g/mol. The lowest BCUT2D eigenvalue weighted by atomic mass is 9.84. The number of hydrogen-bond donors (Lipinski definition) is 4. The predicted octanol–water partition coefficient (Wildman–Crippen LogP) is 5.56. The van der Waals surface area contributed by atoms with Crippen LogP contribution >= 0.6 is 11.6 Å². The van der Waals surface area contributed by atoms with E-state index in [1.807, 2.05) is 62.4 Å². The van der Waals surface area contributed by atoms with Gasteiger partial charge >= 0.3 is 12.1 Å². The maximum atomic E-state index is 13.6. The number of halogens is 1. The standard InChI is InChI=1S/C33H42ClN3O6/c1-33(2)20-24(29(38)37-33)19-27(31(40)41)35-30(39)26(17-21-10-5-3-6-11-21)36-32(42)43-28(23-13-7-4-8-14-23)18-22-12-9-15-25(34)16-22/h4,7-9,12-16,21,24,26-28H,3,5-6,10-11,17-20H2,1-2H3,(H,35,39)(H,36,42)(H,37,38)(H,40,41)/t24?,26-,27?,28?/m0/s1. The maximum Gasteiger partial charge on any atom is 0.408 e. The first kappa shape index (κ1) is 32.3. The molecule has 10 heteroatoms. The summed E-state index contributed by atoms with van der Waals surface area (Å²) in [4.78, 5) is 51.5. The van der Waals surface area contributed by atoms with E-state index in [1.54, 1.807) is 6.07 Å². The van der Waals surface area contributed by atoms with Crippen LogP contribution in [0.4, 0.5) is 4.79 Å². The van der Waals surface area contributed by atoms with Crippen LogP contribution in [0.5, 0.6) is 0 Å². The minimum Gasteiger partial charge on any atom is -0.480 e. The molecule has 4 N–H and O–H groups in total. The molecule has 3 unspecified atom stereocenters. The van der Waals surface area contributed by atoms with Crippen molar-refractivity contribution in [2.24, 2.45) is 11.8 Å². The lowest BCUT2D eigenvalue weighted by Gasteiger charge is -2.28. The monoisotopic (exact) mass is 611 g/mol. The second kappa shape index (κ2) is 14.7. The first-order valence-corrected chi connectivity index (χ1v) is 15.5. The molecule has 2 fully saturated rings. The average Bonchev–Trinajstić information content (AvgIpc) is 3.23. The van der Waals surface area contributed by atoms with Crippen LogP contribution in [0.2, 0.25) is 5.02 Å². The molecule has 4 rings (SSSR count). The van der Waals surface area contributed by atoms with E-state index < -0.39 is 47.6 Å². The minimum atomic E-state index is -1.27. The normalized spacial score (nSPS) is 20.3. The minimum absolute atomic E-state index is 0.0351. The molecule has 1 aliphatic carbocycles. The summed E-state index contributed by atoms with van der Waals surface area (Å²) in [7, 11) is 0. The molecule has 9 nitrogen and oxygen atoms in total. The largest absolute Gasteiger partial charge is 0.480 e. The molecule has 1 aliphatic heterocycles. The molecule has 0 radical (unpaired) electrons. The van der Waals surface area contributed by atoms with Gasteiger partial charge in [0.2, 0.25) is 11.8 Å². The number of hydrogen-bond acceptors (Lipinski definition) is 5. The highest BCUT2D eigenvalue weighted by atomic mass is 35.5. The third-order valence-electron chi connectivity index (χ3n) is 8.36. The third kappa shape index (κ3) is 9.71. The number of carbonyl (C=O) groups excluding carboxylic acids is 3. The van der Waals surface area contributed by atoms with E-state index in [-0.39, 0.29) is 18.2 Å². The molecule has 0 aromatic heterocycles. The summed E-state index contributed by atoms with van der Waals surface area (Å²) in [6.45, 7) is 3.76. The zero-order chi connectivity index (χ0) is 31.0. The SMILES string of the molecule is CC1(C)CC(CC(NC(=O)[C@H](CC2CCCCC2)NC(=O)OC(Cc2cccc(Cl)c2)c2ccccc2)C(=O)O)C(=O)N1. The van der Waals surface area contributed by atoms with Crippen LogP contribution in [0.3, 0.4) is 0 Å². The van der Waals surface area contributed by atoms with E-state index in [4.69, 9.17) is 16.3 Å². The summed E-state index contributed by atoms with van der Waals surface area (Å²) in [5, 5.41) is 18.7. The number of nitrogens with one attached hydrogen (secondary N) is 3. The number of alkyl carbamates (subject to hydrolysis) is 1. The number of carboxylic acid groups (broad SMARTS) is 1. The van der Waals surface area contributed by atoms with Crippen LogP contribution < -0.4 is 16.0 Å². The van der Waals surface area contributed by atoms with Crippen molar-refractivity contribution in [1.29, 1.82) is 0 Å². The van der Waals surface area contributed by atoms with Crippen molar-refractivity contribution in [2.45, 2.75) is 95.4 Å². The van der Waals surface area contributed by atoms with Crippen LogP contribution in [-0.4, -0.2) is 46.6 Å². The molecule has 0 bridgehead atoms. The van der Waals surface area contributed by atoms with Crippen molar-refractivity contribution in [3.05, 3.63) is 70.7 Å².